The van der Waals surface area contributed by atoms with E-state index in [4.69, 9.17) is 4.84 Å². The molecule has 1 aliphatic rings. The third kappa shape index (κ3) is 5.21. The van der Waals surface area contributed by atoms with Gasteiger partial charge in [0.05, 0.1) is 12.3 Å². The summed E-state index contributed by atoms with van der Waals surface area (Å²) >= 11 is 0. The quantitative estimate of drug-likeness (QED) is 0.897. The van der Waals surface area contributed by atoms with Gasteiger partial charge >= 0.3 is 12.4 Å². The Kier molecular flexibility index (Phi) is 4.51. The Morgan fingerprint density at radius 2 is 2.24 bits per heavy atom. The van der Waals surface area contributed by atoms with Gasteiger partial charge in [-0.15, -0.1) is 13.2 Å². The van der Waals surface area contributed by atoms with Crippen molar-refractivity contribution in [1.82, 2.24) is 5.32 Å². The molecule has 0 saturated carbocycles. The van der Waals surface area contributed by atoms with Gasteiger partial charge in [-0.25, -0.2) is 4.79 Å². The molecule has 1 aromatic carbocycles. The molecule has 0 bridgehead atoms. The van der Waals surface area contributed by atoms with Crippen LogP contribution in [0, 0.1) is 0 Å². The highest BCUT2D eigenvalue weighted by Crippen LogP contribution is 2.24. The zero-order valence-electron chi connectivity index (χ0n) is 10.7. The van der Waals surface area contributed by atoms with Gasteiger partial charge in [0.2, 0.25) is 0 Å². The van der Waals surface area contributed by atoms with E-state index in [1.165, 1.54) is 12.1 Å². The average molecular weight is 303 g/mol. The van der Waals surface area contributed by atoms with Crippen LogP contribution in [0.2, 0.25) is 0 Å². The van der Waals surface area contributed by atoms with E-state index in [2.05, 4.69) is 20.5 Å². The summed E-state index contributed by atoms with van der Waals surface area (Å²) in [4.78, 5) is 16.3. The van der Waals surface area contributed by atoms with Crippen molar-refractivity contribution in [2.24, 2.45) is 5.16 Å². The van der Waals surface area contributed by atoms with Gasteiger partial charge in [0, 0.05) is 18.2 Å². The van der Waals surface area contributed by atoms with Crippen LogP contribution in [0.1, 0.15) is 6.42 Å². The molecule has 0 spiro atoms. The lowest BCUT2D eigenvalue weighted by Crippen LogP contribution is -2.32. The first kappa shape index (κ1) is 14.9. The number of urea groups is 1. The molecule has 0 aliphatic carbocycles. The minimum Gasteiger partial charge on any atom is -0.406 e. The first-order valence-electron chi connectivity index (χ1n) is 6.01. The van der Waals surface area contributed by atoms with Crippen LogP contribution in [0.3, 0.4) is 0 Å². The van der Waals surface area contributed by atoms with Gasteiger partial charge in [-0.1, -0.05) is 11.2 Å². The zero-order valence-corrected chi connectivity index (χ0v) is 10.7. The number of ether oxygens (including phenoxy) is 1. The van der Waals surface area contributed by atoms with Crippen LogP contribution < -0.4 is 15.4 Å². The molecule has 1 aromatic rings. The molecule has 114 valence electrons. The Bertz CT molecular complexity index is 546. The number of amides is 2. The van der Waals surface area contributed by atoms with Gasteiger partial charge in [-0.2, -0.15) is 0 Å². The molecule has 2 amide bonds. The molecule has 0 aromatic heterocycles. The minimum absolute atomic E-state index is 0.180. The van der Waals surface area contributed by atoms with E-state index in [0.717, 1.165) is 12.1 Å². The third-order valence-corrected chi connectivity index (χ3v) is 2.45. The predicted octanol–water partition coefficient (Wildman–Crippen LogP) is 2.48. The fourth-order valence-corrected chi connectivity index (χ4v) is 1.60. The number of nitrogens with one attached hydrogen (secondary N) is 2. The van der Waals surface area contributed by atoms with E-state index in [9.17, 15) is 18.0 Å². The molecule has 0 saturated heterocycles. The van der Waals surface area contributed by atoms with E-state index in [1.807, 2.05) is 0 Å². The summed E-state index contributed by atoms with van der Waals surface area (Å²) in [5.41, 5.74) is 0.873. The van der Waals surface area contributed by atoms with Crippen LogP contribution in [0.4, 0.5) is 23.7 Å². The second-order valence-corrected chi connectivity index (χ2v) is 4.12. The molecule has 2 rings (SSSR count). The molecule has 2 N–H and O–H groups in total. The summed E-state index contributed by atoms with van der Waals surface area (Å²) in [7, 11) is 0. The third-order valence-electron chi connectivity index (χ3n) is 2.45. The summed E-state index contributed by atoms with van der Waals surface area (Å²) in [5, 5.41) is 8.61. The second kappa shape index (κ2) is 6.33. The Morgan fingerprint density at radius 1 is 1.43 bits per heavy atom. The van der Waals surface area contributed by atoms with Crippen molar-refractivity contribution in [3.63, 3.8) is 0 Å². The number of rotatable bonds is 4. The fraction of sp³-hybridized carbons (Fsp3) is 0.333. The smallest absolute Gasteiger partial charge is 0.406 e. The first-order valence-corrected chi connectivity index (χ1v) is 6.01. The predicted molar refractivity (Wildman–Crippen MR) is 68.2 cm³/mol. The van der Waals surface area contributed by atoms with Crippen LogP contribution in [-0.2, 0) is 4.84 Å². The maximum Gasteiger partial charge on any atom is 0.573 e. The number of nitrogens with zero attached hydrogens (tertiary/aromatic N) is 1. The molecule has 21 heavy (non-hydrogen) atoms. The normalized spacial score (nSPS) is 14.1. The topological polar surface area (TPSA) is 72.0 Å². The molecule has 0 atom stereocenters. The van der Waals surface area contributed by atoms with Crippen molar-refractivity contribution in [3.05, 3.63) is 24.3 Å². The summed E-state index contributed by atoms with van der Waals surface area (Å²) in [5.74, 6) is -0.408. The van der Waals surface area contributed by atoms with Gasteiger partial charge in [-0.3, -0.25) is 0 Å². The molecular formula is C12H12F3N3O3. The molecule has 1 aliphatic heterocycles. The highest BCUT2D eigenvalue weighted by atomic mass is 19.4. The van der Waals surface area contributed by atoms with E-state index in [0.29, 0.717) is 18.7 Å². The maximum absolute atomic E-state index is 12.1. The van der Waals surface area contributed by atoms with E-state index in [1.54, 1.807) is 0 Å². The number of carbonyl (C=O) groups is 1. The molecule has 1 heterocycles. The summed E-state index contributed by atoms with van der Waals surface area (Å²) in [6, 6.07) is 4.43. The van der Waals surface area contributed by atoms with Gasteiger partial charge in [0.25, 0.3) is 0 Å². The fourth-order valence-electron chi connectivity index (χ4n) is 1.60. The molecule has 9 heteroatoms. The monoisotopic (exact) mass is 303 g/mol. The minimum atomic E-state index is -4.78. The highest BCUT2D eigenvalue weighted by molar-refractivity contribution is 5.94. The SMILES string of the molecule is O=C(NCC1=NOCC1)Nc1cccc(OC(F)(F)F)c1. The Morgan fingerprint density at radius 3 is 2.90 bits per heavy atom. The highest BCUT2D eigenvalue weighted by Gasteiger charge is 2.31. The molecule has 0 fully saturated rings. The van der Waals surface area contributed by atoms with Crippen molar-refractivity contribution in [2.45, 2.75) is 12.8 Å². The van der Waals surface area contributed by atoms with Crippen LogP contribution in [-0.4, -0.2) is 31.3 Å². The van der Waals surface area contributed by atoms with Gasteiger partial charge < -0.3 is 20.2 Å². The first-order chi connectivity index (χ1) is 9.92. The lowest BCUT2D eigenvalue weighted by molar-refractivity contribution is -0.274. The van der Waals surface area contributed by atoms with Crippen LogP contribution in [0.15, 0.2) is 29.4 Å². The van der Waals surface area contributed by atoms with Gasteiger partial charge in [-0.05, 0) is 12.1 Å². The lowest BCUT2D eigenvalue weighted by Gasteiger charge is -2.11. The largest absolute Gasteiger partial charge is 0.573 e. The number of halogens is 3. The number of carbonyl (C=O) groups excluding carboxylic acids is 1. The Balaban J connectivity index is 1.86. The number of benzene rings is 1. The van der Waals surface area contributed by atoms with E-state index in [-0.39, 0.29) is 12.2 Å². The van der Waals surface area contributed by atoms with Crippen molar-refractivity contribution in [1.29, 1.82) is 0 Å². The number of anilines is 1. The second-order valence-electron chi connectivity index (χ2n) is 4.12. The molecule has 0 unspecified atom stereocenters. The van der Waals surface area contributed by atoms with Gasteiger partial charge in [0.1, 0.15) is 12.4 Å². The average Bonchev–Trinajstić information content (AvgIpc) is 2.87. The summed E-state index contributed by atoms with van der Waals surface area (Å²) in [6.45, 7) is 0.694. The Labute approximate surface area is 117 Å². The van der Waals surface area contributed by atoms with E-state index >= 15 is 0 Å². The summed E-state index contributed by atoms with van der Waals surface area (Å²) in [6.07, 6.45) is -4.14. The van der Waals surface area contributed by atoms with Crippen LogP contribution >= 0.6 is 0 Å². The molecular weight excluding hydrogens is 291 g/mol. The molecule has 6 nitrogen and oxygen atoms in total. The van der Waals surface area contributed by atoms with Crippen molar-refractivity contribution >= 4 is 17.4 Å². The van der Waals surface area contributed by atoms with Crippen LogP contribution in [0.25, 0.3) is 0 Å². The van der Waals surface area contributed by atoms with Gasteiger partial charge in [0.15, 0.2) is 0 Å². The number of alkyl halides is 3. The number of hydrogen-bond donors (Lipinski definition) is 2. The maximum atomic E-state index is 12.1. The Hall–Kier alpha value is -2.45. The van der Waals surface area contributed by atoms with Crippen molar-refractivity contribution < 1.29 is 27.5 Å². The van der Waals surface area contributed by atoms with E-state index < -0.39 is 18.1 Å². The molecule has 0 radical (unpaired) electrons. The standard InChI is InChI=1S/C12H12F3N3O3/c13-12(14,15)21-10-3-1-2-8(6-10)17-11(19)16-7-9-4-5-20-18-9/h1-3,6H,4-5,7H2,(H2,16,17,19). The van der Waals surface area contributed by atoms with Crippen molar-refractivity contribution in [2.75, 3.05) is 18.5 Å². The van der Waals surface area contributed by atoms with Crippen LogP contribution in [0.5, 0.6) is 5.75 Å². The lowest BCUT2D eigenvalue weighted by atomic mass is 10.3. The zero-order chi connectivity index (χ0) is 15.3. The number of hydrogen-bond acceptors (Lipinski definition) is 4. The summed E-state index contributed by atoms with van der Waals surface area (Å²) < 4.78 is 40.0. The number of oxime groups is 1. The van der Waals surface area contributed by atoms with Crippen molar-refractivity contribution in [3.8, 4) is 5.75 Å².